The first-order valence-electron chi connectivity index (χ1n) is 7.47. The molecule has 22 heavy (non-hydrogen) atoms. The third-order valence-corrected chi connectivity index (χ3v) is 3.86. The van der Waals surface area contributed by atoms with Crippen LogP contribution in [-0.4, -0.2) is 30.4 Å². The van der Waals surface area contributed by atoms with E-state index < -0.39 is 0 Å². The molecule has 0 radical (unpaired) electrons. The molecule has 1 aliphatic carbocycles. The molecule has 6 heteroatoms. The lowest BCUT2D eigenvalue weighted by Gasteiger charge is -2.23. The molecule has 0 aliphatic heterocycles. The molecule has 2 N–H and O–H groups in total. The Labute approximate surface area is 136 Å². The number of benzene rings is 1. The molecule has 0 saturated heterocycles. The molecule has 0 amide bonds. The largest absolute Gasteiger partial charge is 0.465 e. The van der Waals surface area contributed by atoms with E-state index in [4.69, 9.17) is 12.2 Å². The molecule has 0 unspecified atom stereocenters. The predicted octanol–water partition coefficient (Wildman–Crippen LogP) is 2.60. The Morgan fingerprint density at radius 3 is 2.59 bits per heavy atom. The van der Waals surface area contributed by atoms with Crippen LogP contribution in [-0.2, 0) is 4.74 Å². The smallest absolute Gasteiger partial charge is 0.337 e. The zero-order valence-electron chi connectivity index (χ0n) is 12.7. The lowest BCUT2D eigenvalue weighted by molar-refractivity contribution is 0.0600. The highest BCUT2D eigenvalue weighted by Crippen LogP contribution is 2.17. The van der Waals surface area contributed by atoms with Crippen molar-refractivity contribution >= 4 is 29.5 Å². The van der Waals surface area contributed by atoms with Crippen molar-refractivity contribution in [3.05, 3.63) is 35.4 Å². The van der Waals surface area contributed by atoms with Gasteiger partial charge in [-0.2, -0.15) is 5.10 Å². The number of hydrogen-bond acceptors (Lipinski definition) is 4. The summed E-state index contributed by atoms with van der Waals surface area (Å²) >= 11 is 5.22. The first-order chi connectivity index (χ1) is 10.7. The van der Waals surface area contributed by atoms with Gasteiger partial charge in [0, 0.05) is 6.04 Å². The normalized spacial score (nSPS) is 15.5. The van der Waals surface area contributed by atoms with Crippen molar-refractivity contribution in [3.63, 3.8) is 0 Å². The molecule has 0 bridgehead atoms. The zero-order chi connectivity index (χ0) is 15.8. The average molecular weight is 319 g/mol. The molecular formula is C16H21N3O2S. The topological polar surface area (TPSA) is 62.7 Å². The van der Waals surface area contributed by atoms with Crippen LogP contribution in [0, 0.1) is 0 Å². The molecule has 0 aromatic heterocycles. The Bertz CT molecular complexity index is 537. The fourth-order valence-electron chi connectivity index (χ4n) is 2.45. The van der Waals surface area contributed by atoms with Gasteiger partial charge in [0.1, 0.15) is 0 Å². The second-order valence-electron chi connectivity index (χ2n) is 5.29. The van der Waals surface area contributed by atoms with Crippen molar-refractivity contribution in [2.75, 3.05) is 7.11 Å². The van der Waals surface area contributed by atoms with E-state index in [-0.39, 0.29) is 5.97 Å². The summed E-state index contributed by atoms with van der Waals surface area (Å²) < 4.78 is 4.65. The molecule has 0 heterocycles. The van der Waals surface area contributed by atoms with Crippen LogP contribution in [0.1, 0.15) is 48.0 Å². The van der Waals surface area contributed by atoms with E-state index in [2.05, 4.69) is 20.6 Å². The summed E-state index contributed by atoms with van der Waals surface area (Å²) in [5, 5.41) is 7.94. The molecule has 0 spiro atoms. The number of esters is 1. The summed E-state index contributed by atoms with van der Waals surface area (Å²) in [6.45, 7) is 0. The highest BCUT2D eigenvalue weighted by atomic mass is 32.1. The minimum Gasteiger partial charge on any atom is -0.465 e. The molecule has 1 saturated carbocycles. The molecule has 1 aromatic rings. The monoisotopic (exact) mass is 319 g/mol. The first kappa shape index (κ1) is 16.4. The highest BCUT2D eigenvalue weighted by molar-refractivity contribution is 7.80. The van der Waals surface area contributed by atoms with Gasteiger partial charge in [-0.05, 0) is 42.8 Å². The molecule has 0 atom stereocenters. The lowest BCUT2D eigenvalue weighted by Crippen LogP contribution is -2.40. The number of ether oxygens (including phenoxy) is 1. The number of carbonyl (C=O) groups is 1. The molecule has 5 nitrogen and oxygen atoms in total. The number of nitrogens with one attached hydrogen (secondary N) is 2. The number of thiocarbonyl (C=S) groups is 1. The van der Waals surface area contributed by atoms with Crippen LogP contribution in [0.4, 0.5) is 0 Å². The summed E-state index contributed by atoms with van der Waals surface area (Å²) in [5.74, 6) is -0.348. The van der Waals surface area contributed by atoms with Gasteiger partial charge in [-0.25, -0.2) is 4.79 Å². The van der Waals surface area contributed by atoms with E-state index in [0.717, 1.165) is 5.56 Å². The van der Waals surface area contributed by atoms with Gasteiger partial charge in [-0.1, -0.05) is 31.4 Å². The average Bonchev–Trinajstić information content (AvgIpc) is 2.55. The molecule has 1 aromatic carbocycles. The number of hydrazone groups is 1. The molecule has 1 aliphatic rings. The third kappa shape index (κ3) is 5.11. The van der Waals surface area contributed by atoms with Crippen LogP contribution >= 0.6 is 12.2 Å². The molecular weight excluding hydrogens is 298 g/mol. The fourth-order valence-corrected chi connectivity index (χ4v) is 2.67. The lowest BCUT2D eigenvalue weighted by atomic mass is 9.96. The molecule has 1 fully saturated rings. The Balaban J connectivity index is 1.78. The maximum atomic E-state index is 11.3. The number of hydrogen-bond donors (Lipinski definition) is 2. The van der Waals surface area contributed by atoms with Crippen LogP contribution in [0.25, 0.3) is 0 Å². The Morgan fingerprint density at radius 2 is 1.95 bits per heavy atom. The Hall–Kier alpha value is -1.95. The van der Waals surface area contributed by atoms with Crippen molar-refractivity contribution in [2.45, 2.75) is 38.1 Å². The van der Waals surface area contributed by atoms with Crippen LogP contribution in [0.3, 0.4) is 0 Å². The van der Waals surface area contributed by atoms with Crippen LogP contribution < -0.4 is 10.7 Å². The predicted molar refractivity (Wildman–Crippen MR) is 91.1 cm³/mol. The van der Waals surface area contributed by atoms with Gasteiger partial charge in [0.05, 0.1) is 18.9 Å². The Kier molecular flexibility index (Phi) is 6.33. The number of nitrogens with zero attached hydrogens (tertiary/aromatic N) is 1. The fraction of sp³-hybridized carbons (Fsp3) is 0.438. The minimum atomic E-state index is -0.348. The van der Waals surface area contributed by atoms with Gasteiger partial charge in [0.25, 0.3) is 0 Å². The van der Waals surface area contributed by atoms with Gasteiger partial charge in [-0.3, -0.25) is 5.43 Å². The second kappa shape index (κ2) is 8.48. The Morgan fingerprint density at radius 1 is 1.27 bits per heavy atom. The zero-order valence-corrected chi connectivity index (χ0v) is 13.5. The first-order valence-corrected chi connectivity index (χ1v) is 7.88. The molecule has 2 rings (SSSR count). The van der Waals surface area contributed by atoms with Crippen molar-refractivity contribution < 1.29 is 9.53 Å². The van der Waals surface area contributed by atoms with E-state index in [9.17, 15) is 4.79 Å². The quantitative estimate of drug-likeness (QED) is 0.386. The van der Waals surface area contributed by atoms with E-state index in [1.165, 1.54) is 39.2 Å². The highest BCUT2D eigenvalue weighted by Gasteiger charge is 2.13. The molecule has 118 valence electrons. The van der Waals surface area contributed by atoms with E-state index >= 15 is 0 Å². The van der Waals surface area contributed by atoms with Crippen LogP contribution in [0.2, 0.25) is 0 Å². The van der Waals surface area contributed by atoms with Crippen LogP contribution in [0.5, 0.6) is 0 Å². The van der Waals surface area contributed by atoms with E-state index in [0.29, 0.717) is 16.7 Å². The van der Waals surface area contributed by atoms with E-state index in [1.807, 2.05) is 0 Å². The number of rotatable bonds is 4. The van der Waals surface area contributed by atoms with Crippen molar-refractivity contribution in [2.24, 2.45) is 5.10 Å². The number of methoxy groups -OCH3 is 1. The van der Waals surface area contributed by atoms with Gasteiger partial charge in [-0.15, -0.1) is 0 Å². The van der Waals surface area contributed by atoms with Gasteiger partial charge >= 0.3 is 5.97 Å². The van der Waals surface area contributed by atoms with Gasteiger partial charge < -0.3 is 10.1 Å². The standard InChI is InChI=1S/C16H21N3O2S/c1-21-15(20)13-9-7-12(8-10-13)11-17-19-16(22)18-14-5-3-2-4-6-14/h7-11,14H,2-6H2,1H3,(H2,18,19,22)/b17-11+. The van der Waals surface area contributed by atoms with Crippen molar-refractivity contribution in [1.29, 1.82) is 0 Å². The SMILES string of the molecule is COC(=O)c1ccc(/C=N/NC(=S)NC2CCCCC2)cc1. The summed E-state index contributed by atoms with van der Waals surface area (Å²) in [5.41, 5.74) is 4.22. The van der Waals surface area contributed by atoms with Crippen LogP contribution in [0.15, 0.2) is 29.4 Å². The summed E-state index contributed by atoms with van der Waals surface area (Å²) in [7, 11) is 1.36. The van der Waals surface area contributed by atoms with Crippen molar-refractivity contribution in [1.82, 2.24) is 10.7 Å². The van der Waals surface area contributed by atoms with Crippen molar-refractivity contribution in [3.8, 4) is 0 Å². The van der Waals surface area contributed by atoms with E-state index in [1.54, 1.807) is 30.5 Å². The maximum Gasteiger partial charge on any atom is 0.337 e. The summed E-state index contributed by atoms with van der Waals surface area (Å²) in [6.07, 6.45) is 7.83. The van der Waals surface area contributed by atoms with Gasteiger partial charge in [0.15, 0.2) is 5.11 Å². The third-order valence-electron chi connectivity index (χ3n) is 3.65. The summed E-state index contributed by atoms with van der Waals surface area (Å²) in [6, 6.07) is 7.46. The summed E-state index contributed by atoms with van der Waals surface area (Å²) in [4.78, 5) is 11.3. The minimum absolute atomic E-state index is 0.348. The van der Waals surface area contributed by atoms with Gasteiger partial charge in [0.2, 0.25) is 0 Å². The number of carbonyl (C=O) groups excluding carboxylic acids is 1. The maximum absolute atomic E-state index is 11.3. The second-order valence-corrected chi connectivity index (χ2v) is 5.70.